The summed E-state index contributed by atoms with van der Waals surface area (Å²) in [6.45, 7) is 27.3. The first-order chi connectivity index (χ1) is 66.0. The molecule has 8 heterocycles. The Morgan fingerprint density at radius 3 is 0.728 bits per heavy atom. The number of rotatable bonds is 8. The molecule has 652 valence electrons. The summed E-state index contributed by atoms with van der Waals surface area (Å²) in [6, 6.07) is 142. The van der Waals surface area contributed by atoms with Crippen molar-refractivity contribution in [1.29, 1.82) is 10.5 Å². The summed E-state index contributed by atoms with van der Waals surface area (Å²) in [4.78, 5) is 0. The second-order valence-electron chi connectivity index (χ2n) is 41.1. The molecule has 0 aliphatic heterocycles. The van der Waals surface area contributed by atoms with Crippen LogP contribution in [0.1, 0.15) is 116 Å². The molecule has 26 aromatic rings. The first-order valence-electron chi connectivity index (χ1n) is 47.3. The van der Waals surface area contributed by atoms with E-state index in [0.29, 0.717) is 11.1 Å². The zero-order chi connectivity index (χ0) is 92.4. The van der Waals surface area contributed by atoms with Gasteiger partial charge in [-0.3, -0.25) is 0 Å². The van der Waals surface area contributed by atoms with Crippen LogP contribution < -0.4 is 0 Å². The zero-order valence-corrected chi connectivity index (χ0v) is 78.3. The monoisotopic (exact) mass is 1750 g/mol. The lowest BCUT2D eigenvalue weighted by atomic mass is 9.85. The van der Waals surface area contributed by atoms with Gasteiger partial charge in [-0.2, -0.15) is 10.5 Å². The second-order valence-corrected chi connectivity index (χ2v) is 41.1. The van der Waals surface area contributed by atoms with Crippen molar-refractivity contribution in [2.75, 3.05) is 0 Å². The van der Waals surface area contributed by atoms with Gasteiger partial charge in [0.05, 0.1) is 111 Å². The van der Waals surface area contributed by atoms with Crippen LogP contribution in [-0.2, 0) is 21.7 Å². The molecule has 10 nitrogen and oxygen atoms in total. The minimum atomic E-state index is -0.0145. The molecule has 0 radical (unpaired) electrons. The Hall–Kier alpha value is -16.7. The Bertz CT molecular complexity index is 9500. The summed E-state index contributed by atoms with van der Waals surface area (Å²) in [6.07, 6.45) is 0. The van der Waals surface area contributed by atoms with Gasteiger partial charge >= 0.3 is 0 Å². The van der Waals surface area contributed by atoms with Crippen LogP contribution in [0.3, 0.4) is 0 Å². The molecule has 18 aromatic carbocycles. The number of benzene rings is 18. The highest BCUT2D eigenvalue weighted by Crippen LogP contribution is 2.52. The molecule has 0 N–H and O–H groups in total. The third-order valence-electron chi connectivity index (χ3n) is 28.9. The zero-order valence-electron chi connectivity index (χ0n) is 78.3. The van der Waals surface area contributed by atoms with Gasteiger partial charge in [-0.05, 0) is 226 Å². The maximum Gasteiger partial charge on any atom is 0.101 e. The topological polar surface area (TPSA) is 87.0 Å². The van der Waals surface area contributed by atoms with E-state index in [1.165, 1.54) is 120 Å². The molecule has 136 heavy (non-hydrogen) atoms. The second kappa shape index (κ2) is 29.9. The predicted octanol–water partition coefficient (Wildman–Crippen LogP) is 33.1. The molecule has 8 aromatic heterocycles. The molecular weight excluding hydrogens is 1650 g/mol. The van der Waals surface area contributed by atoms with Crippen LogP contribution in [0.15, 0.2) is 376 Å². The summed E-state index contributed by atoms with van der Waals surface area (Å²) in [5, 5.41) is 41.2. The largest absolute Gasteiger partial charge is 0.309 e. The molecule has 0 unspecified atom stereocenters. The molecule has 26 rings (SSSR count). The molecule has 0 aliphatic rings. The number of nitriles is 2. The average molecular weight is 1750 g/mol. The maximum absolute atomic E-state index is 11.2. The molecule has 0 saturated heterocycles. The van der Waals surface area contributed by atoms with Crippen LogP contribution in [0.4, 0.5) is 0 Å². The fourth-order valence-electron chi connectivity index (χ4n) is 22.4. The lowest BCUT2D eigenvalue weighted by Gasteiger charge is -2.19. The molecule has 0 atom stereocenters. The lowest BCUT2D eigenvalue weighted by Crippen LogP contribution is -2.10. The van der Waals surface area contributed by atoms with Crippen molar-refractivity contribution in [2.45, 2.75) is 105 Å². The van der Waals surface area contributed by atoms with E-state index < -0.39 is 0 Å². The summed E-state index contributed by atoms with van der Waals surface area (Å²) in [5.74, 6) is 0. The Kier molecular flexibility index (Phi) is 17.9. The van der Waals surface area contributed by atoms with Crippen LogP contribution in [0.25, 0.3) is 220 Å². The first-order valence-corrected chi connectivity index (χ1v) is 47.3. The van der Waals surface area contributed by atoms with Gasteiger partial charge in [0, 0.05) is 126 Å². The number of para-hydroxylation sites is 8. The molecule has 0 bridgehead atoms. The number of hydrogen-bond donors (Lipinski definition) is 0. The lowest BCUT2D eigenvalue weighted by molar-refractivity contribution is 0.590. The van der Waals surface area contributed by atoms with E-state index in [9.17, 15) is 10.5 Å². The number of fused-ring (bicyclic) bond motifs is 28. The van der Waals surface area contributed by atoms with Crippen molar-refractivity contribution >= 4 is 174 Å². The summed E-state index contributed by atoms with van der Waals surface area (Å²) in [7, 11) is 0. The number of nitrogens with zero attached hydrogens (tertiary/aromatic N) is 10. The molecule has 0 aliphatic carbocycles. The van der Waals surface area contributed by atoms with Crippen LogP contribution in [0.2, 0.25) is 0 Å². The van der Waals surface area contributed by atoms with Gasteiger partial charge < -0.3 is 36.5 Å². The van der Waals surface area contributed by atoms with Gasteiger partial charge in [0.2, 0.25) is 0 Å². The normalized spacial score (nSPS) is 12.5. The van der Waals surface area contributed by atoms with Crippen LogP contribution in [0, 0.1) is 22.7 Å². The fraction of sp³-hybridized carbons (Fsp3) is 0.127. The summed E-state index contributed by atoms with van der Waals surface area (Å²) < 4.78 is 19.2. The third-order valence-corrected chi connectivity index (χ3v) is 28.9. The Morgan fingerprint density at radius 2 is 0.426 bits per heavy atom. The predicted molar refractivity (Wildman–Crippen MR) is 572 cm³/mol. The molecule has 0 spiro atoms. The standard InChI is InChI=1S/2C63H49N5/c1-62(2,3)40-25-30-54-49(36-40)50-37-41(63(4,5)6)26-31-55(50)66(54)44-27-32-51(39(35-44)38-64)68-53-24-16-14-22-48(53)59-57(68)34-29-46-45-28-33-56-58(60(45)67(61(46)59)43-19-11-8-12-20-43)47-21-13-15-23-52(47)65(56)42-17-9-7-10-18-42;1-62(2,3)40-25-29-54-50(35-40)51-36-41(63(4,5)6)26-30-55(51)66(54)44-33-39(38-64)34-45(37-44)67-53-24-16-14-22-49(53)59-57(67)32-28-47-46-27-31-56-58(60(46)68(61(47)59)43-19-11-8-12-20-43)48-21-13-15-23-52(48)65(56)42-17-9-7-10-18-42/h2*7-37H,1-6H3. The van der Waals surface area contributed by atoms with Crippen molar-refractivity contribution in [3.63, 3.8) is 0 Å². The van der Waals surface area contributed by atoms with E-state index in [2.05, 4.69) is 502 Å². The molecular formula is C126H98N10. The molecule has 0 amide bonds. The van der Waals surface area contributed by atoms with E-state index in [4.69, 9.17) is 0 Å². The minimum absolute atomic E-state index is 0.00174. The average Bonchev–Trinajstić information content (AvgIpc) is 1.53. The fourth-order valence-corrected chi connectivity index (χ4v) is 22.4. The molecule has 0 saturated carbocycles. The molecule has 10 heteroatoms. The van der Waals surface area contributed by atoms with E-state index in [-0.39, 0.29) is 21.7 Å². The van der Waals surface area contributed by atoms with E-state index in [0.717, 1.165) is 122 Å². The van der Waals surface area contributed by atoms with E-state index >= 15 is 0 Å². The molecule has 0 fully saturated rings. The van der Waals surface area contributed by atoms with Gasteiger partial charge in [-0.1, -0.05) is 277 Å². The van der Waals surface area contributed by atoms with Crippen molar-refractivity contribution < 1.29 is 0 Å². The van der Waals surface area contributed by atoms with Crippen molar-refractivity contribution in [2.24, 2.45) is 0 Å². The van der Waals surface area contributed by atoms with Crippen LogP contribution in [-0.4, -0.2) is 36.5 Å². The quantitative estimate of drug-likeness (QED) is 0.152. The van der Waals surface area contributed by atoms with E-state index in [1.54, 1.807) is 0 Å². The van der Waals surface area contributed by atoms with Crippen LogP contribution in [0.5, 0.6) is 0 Å². The highest BCUT2D eigenvalue weighted by Gasteiger charge is 2.32. The van der Waals surface area contributed by atoms with Gasteiger partial charge in [0.15, 0.2) is 0 Å². The number of hydrogen-bond acceptors (Lipinski definition) is 2. The Morgan fingerprint density at radius 1 is 0.176 bits per heavy atom. The van der Waals surface area contributed by atoms with Gasteiger partial charge in [0.25, 0.3) is 0 Å². The van der Waals surface area contributed by atoms with Crippen LogP contribution >= 0.6 is 0 Å². The minimum Gasteiger partial charge on any atom is -0.309 e. The first kappa shape index (κ1) is 81.3. The Labute approximate surface area is 788 Å². The van der Waals surface area contributed by atoms with Gasteiger partial charge in [-0.25, -0.2) is 0 Å². The van der Waals surface area contributed by atoms with Crippen molar-refractivity contribution in [3.05, 3.63) is 409 Å². The smallest absolute Gasteiger partial charge is 0.101 e. The Balaban J connectivity index is 0.000000145. The van der Waals surface area contributed by atoms with E-state index in [1.807, 2.05) is 6.07 Å². The summed E-state index contributed by atoms with van der Waals surface area (Å²) >= 11 is 0. The SMILES string of the molecule is CC(C)(C)c1ccc2c(c1)c1cc(C(C)(C)C)ccc1n2-c1cc(C#N)cc(-n2c3ccccc3c3c2ccc2c4ccc5c(c6ccccc6n5-c5ccccc5)c4n(-c4ccccc4)c23)c1.CC(C)(C)c1ccc2c(c1)c1cc(C(C)(C)C)ccc1n2-c1ccc(-n2c3ccccc3c3c2ccc2c4ccc5c(c6ccccc6n5-c5ccccc5)c4n(-c4ccccc4)c23)c(C#N)c1. The number of aromatic nitrogens is 8. The van der Waals surface area contributed by atoms with Gasteiger partial charge in [0.1, 0.15) is 6.07 Å². The van der Waals surface area contributed by atoms with Crippen molar-refractivity contribution in [1.82, 2.24) is 36.5 Å². The summed E-state index contributed by atoms with van der Waals surface area (Å²) in [5.41, 5.74) is 32.6. The highest BCUT2D eigenvalue weighted by molar-refractivity contribution is 6.34. The third kappa shape index (κ3) is 12.2. The highest BCUT2D eigenvalue weighted by atomic mass is 15.1. The maximum atomic E-state index is 11.2. The van der Waals surface area contributed by atoms with Crippen molar-refractivity contribution in [3.8, 4) is 57.6 Å². The van der Waals surface area contributed by atoms with Gasteiger partial charge in [-0.15, -0.1) is 0 Å².